The summed E-state index contributed by atoms with van der Waals surface area (Å²) in [5, 5.41) is 0. The van der Waals surface area contributed by atoms with Crippen LogP contribution < -0.4 is 5.73 Å². The number of nitrogen functional groups attached to an aromatic ring is 1. The lowest BCUT2D eigenvalue weighted by molar-refractivity contribution is 0.416. The number of halogens is 2. The largest absolute Gasteiger partial charge is 0.383 e. The van der Waals surface area contributed by atoms with Crippen molar-refractivity contribution in [1.82, 2.24) is 4.98 Å². The lowest BCUT2D eigenvalue weighted by Crippen LogP contribution is -2.00. The van der Waals surface area contributed by atoms with Gasteiger partial charge in [-0.25, -0.2) is 4.98 Å². The molecule has 14 heavy (non-hydrogen) atoms. The molecule has 0 saturated carbocycles. The standard InChI is InChI=1S/C10H12F2N2/c1-7(4-5-9(11)12)8-3-2-6-14-10(8)13/h2-3,5-7H,4H2,1H3,(H2,13,14)/t7-/m1/s1. The van der Waals surface area contributed by atoms with Gasteiger partial charge < -0.3 is 5.73 Å². The second-order valence-electron chi connectivity index (χ2n) is 3.11. The Kier molecular flexibility index (Phi) is 3.56. The van der Waals surface area contributed by atoms with Crippen LogP contribution >= 0.6 is 0 Å². The van der Waals surface area contributed by atoms with Crippen molar-refractivity contribution in [2.75, 3.05) is 5.73 Å². The second kappa shape index (κ2) is 4.69. The van der Waals surface area contributed by atoms with Gasteiger partial charge in [-0.05, 0) is 30.0 Å². The first kappa shape index (κ1) is 10.6. The summed E-state index contributed by atoms with van der Waals surface area (Å²) in [7, 11) is 0. The summed E-state index contributed by atoms with van der Waals surface area (Å²) in [5.41, 5.74) is 6.42. The first-order valence-electron chi connectivity index (χ1n) is 4.32. The smallest absolute Gasteiger partial charge is 0.266 e. The Hall–Kier alpha value is -1.45. The number of hydrogen-bond donors (Lipinski definition) is 1. The molecular formula is C10H12F2N2. The molecule has 0 aliphatic carbocycles. The lowest BCUT2D eigenvalue weighted by Gasteiger charge is -2.10. The summed E-state index contributed by atoms with van der Waals surface area (Å²) in [5.74, 6) is 0.373. The van der Waals surface area contributed by atoms with E-state index in [4.69, 9.17) is 5.73 Å². The normalized spacial score (nSPS) is 12.2. The highest BCUT2D eigenvalue weighted by molar-refractivity contribution is 5.41. The third-order valence-corrected chi connectivity index (χ3v) is 2.03. The zero-order valence-corrected chi connectivity index (χ0v) is 7.87. The Morgan fingerprint density at radius 1 is 1.64 bits per heavy atom. The second-order valence-corrected chi connectivity index (χ2v) is 3.11. The van der Waals surface area contributed by atoms with Crippen LogP contribution in [0.25, 0.3) is 0 Å². The van der Waals surface area contributed by atoms with Gasteiger partial charge in [0.05, 0.1) is 0 Å². The van der Waals surface area contributed by atoms with Gasteiger partial charge in [-0.2, -0.15) is 8.78 Å². The van der Waals surface area contributed by atoms with Crippen LogP contribution in [-0.2, 0) is 0 Å². The van der Waals surface area contributed by atoms with Crippen LogP contribution in [0.3, 0.4) is 0 Å². The molecule has 2 N–H and O–H groups in total. The van der Waals surface area contributed by atoms with Crippen LogP contribution in [0.2, 0.25) is 0 Å². The van der Waals surface area contributed by atoms with Crippen LogP contribution in [0, 0.1) is 0 Å². The fraction of sp³-hybridized carbons (Fsp3) is 0.300. The van der Waals surface area contributed by atoms with Crippen molar-refractivity contribution in [1.29, 1.82) is 0 Å². The average Bonchev–Trinajstić information content (AvgIpc) is 2.15. The molecule has 0 saturated heterocycles. The van der Waals surface area contributed by atoms with Crippen molar-refractivity contribution in [2.45, 2.75) is 19.3 Å². The fourth-order valence-electron chi connectivity index (χ4n) is 1.24. The van der Waals surface area contributed by atoms with E-state index in [1.54, 1.807) is 18.3 Å². The maximum Gasteiger partial charge on any atom is 0.266 e. The van der Waals surface area contributed by atoms with Gasteiger partial charge >= 0.3 is 0 Å². The Balaban J connectivity index is 2.74. The molecule has 0 fully saturated rings. The summed E-state index contributed by atoms with van der Waals surface area (Å²) in [6, 6.07) is 3.55. The molecule has 1 heterocycles. The summed E-state index contributed by atoms with van der Waals surface area (Å²) < 4.78 is 23.7. The minimum absolute atomic E-state index is 0.0369. The van der Waals surface area contributed by atoms with Crippen LogP contribution in [0.1, 0.15) is 24.8 Å². The minimum atomic E-state index is -1.65. The van der Waals surface area contributed by atoms with Crippen LogP contribution in [0.15, 0.2) is 30.5 Å². The molecule has 1 aromatic rings. The van der Waals surface area contributed by atoms with Gasteiger partial charge in [-0.15, -0.1) is 0 Å². The first-order chi connectivity index (χ1) is 6.61. The Labute approximate surface area is 81.5 Å². The number of nitrogens with zero attached hydrogens (tertiary/aromatic N) is 1. The van der Waals surface area contributed by atoms with E-state index in [-0.39, 0.29) is 12.3 Å². The minimum Gasteiger partial charge on any atom is -0.383 e. The van der Waals surface area contributed by atoms with Gasteiger partial charge in [0.1, 0.15) is 5.82 Å². The van der Waals surface area contributed by atoms with E-state index in [1.165, 1.54) is 0 Å². The summed E-state index contributed by atoms with van der Waals surface area (Å²) in [6.45, 7) is 1.84. The number of aromatic nitrogens is 1. The molecule has 4 heteroatoms. The van der Waals surface area contributed by atoms with Gasteiger partial charge in [0.15, 0.2) is 0 Å². The van der Waals surface area contributed by atoms with E-state index in [2.05, 4.69) is 4.98 Å². The highest BCUT2D eigenvalue weighted by Crippen LogP contribution is 2.23. The SMILES string of the molecule is C[C@H](CC=C(F)F)c1cccnc1N. The van der Waals surface area contributed by atoms with Crippen molar-refractivity contribution in [2.24, 2.45) is 0 Å². The average molecular weight is 198 g/mol. The molecule has 1 aromatic heterocycles. The van der Waals surface area contributed by atoms with Crippen LogP contribution in [0.5, 0.6) is 0 Å². The number of pyridine rings is 1. The third-order valence-electron chi connectivity index (χ3n) is 2.03. The van der Waals surface area contributed by atoms with E-state index in [0.29, 0.717) is 5.82 Å². The summed E-state index contributed by atoms with van der Waals surface area (Å²) in [4.78, 5) is 3.90. The van der Waals surface area contributed by atoms with Crippen molar-refractivity contribution < 1.29 is 8.78 Å². The maximum absolute atomic E-state index is 11.8. The number of anilines is 1. The molecule has 1 atom stereocenters. The topological polar surface area (TPSA) is 38.9 Å². The molecule has 0 radical (unpaired) electrons. The molecule has 0 bridgehead atoms. The summed E-state index contributed by atoms with van der Waals surface area (Å²) >= 11 is 0. The zero-order chi connectivity index (χ0) is 10.6. The van der Waals surface area contributed by atoms with E-state index >= 15 is 0 Å². The van der Waals surface area contributed by atoms with Gasteiger partial charge in [0, 0.05) is 6.20 Å². The Morgan fingerprint density at radius 2 is 2.36 bits per heavy atom. The van der Waals surface area contributed by atoms with E-state index < -0.39 is 6.08 Å². The van der Waals surface area contributed by atoms with Crippen molar-refractivity contribution >= 4 is 5.82 Å². The fourth-order valence-corrected chi connectivity index (χ4v) is 1.24. The molecular weight excluding hydrogens is 186 g/mol. The molecule has 0 aliphatic rings. The predicted octanol–water partition coefficient (Wildman–Crippen LogP) is 2.94. The van der Waals surface area contributed by atoms with Gasteiger partial charge in [0.2, 0.25) is 0 Å². The van der Waals surface area contributed by atoms with Crippen molar-refractivity contribution in [3.63, 3.8) is 0 Å². The van der Waals surface area contributed by atoms with E-state index in [0.717, 1.165) is 11.6 Å². The zero-order valence-electron chi connectivity index (χ0n) is 7.87. The number of nitrogens with two attached hydrogens (primary N) is 1. The molecule has 76 valence electrons. The van der Waals surface area contributed by atoms with E-state index in [9.17, 15) is 8.78 Å². The van der Waals surface area contributed by atoms with E-state index in [1.807, 2.05) is 6.92 Å². The van der Waals surface area contributed by atoms with Crippen LogP contribution in [0.4, 0.5) is 14.6 Å². The number of hydrogen-bond acceptors (Lipinski definition) is 2. The molecule has 0 spiro atoms. The lowest BCUT2D eigenvalue weighted by atomic mass is 9.99. The maximum atomic E-state index is 11.8. The molecule has 1 rings (SSSR count). The van der Waals surface area contributed by atoms with Crippen molar-refractivity contribution in [3.05, 3.63) is 36.0 Å². The van der Waals surface area contributed by atoms with Gasteiger partial charge in [-0.3, -0.25) is 0 Å². The molecule has 0 amide bonds. The highest BCUT2D eigenvalue weighted by Gasteiger charge is 2.08. The molecule has 0 aromatic carbocycles. The highest BCUT2D eigenvalue weighted by atomic mass is 19.3. The quantitative estimate of drug-likeness (QED) is 0.810. The van der Waals surface area contributed by atoms with Crippen molar-refractivity contribution in [3.8, 4) is 0 Å². The number of rotatable bonds is 3. The molecule has 0 aliphatic heterocycles. The van der Waals surface area contributed by atoms with Gasteiger partial charge in [0.25, 0.3) is 6.08 Å². The number of allylic oxidation sites excluding steroid dienone is 1. The third kappa shape index (κ3) is 2.80. The Bertz CT molecular complexity index is 333. The monoisotopic (exact) mass is 198 g/mol. The molecule has 0 unspecified atom stereocenters. The van der Waals surface area contributed by atoms with Gasteiger partial charge in [-0.1, -0.05) is 13.0 Å². The Morgan fingerprint density at radius 3 is 2.93 bits per heavy atom. The first-order valence-corrected chi connectivity index (χ1v) is 4.32. The molecule has 2 nitrogen and oxygen atoms in total. The predicted molar refractivity (Wildman–Crippen MR) is 52.0 cm³/mol. The van der Waals surface area contributed by atoms with Crippen LogP contribution in [-0.4, -0.2) is 4.98 Å². The summed E-state index contributed by atoms with van der Waals surface area (Å²) in [6.07, 6.45) is 1.10.